The van der Waals surface area contributed by atoms with Crippen LogP contribution in [-0.4, -0.2) is 33.5 Å². The first kappa shape index (κ1) is 24.1. The zero-order valence-corrected chi connectivity index (χ0v) is 20.0. The summed E-state index contributed by atoms with van der Waals surface area (Å²) in [6, 6.07) is 11.5. The Kier molecular flexibility index (Phi) is 8.15. The summed E-state index contributed by atoms with van der Waals surface area (Å²) >= 11 is 12.0. The van der Waals surface area contributed by atoms with E-state index in [1.54, 1.807) is 54.4 Å². The normalized spacial score (nSPS) is 12.0. The molecule has 1 unspecified atom stereocenters. The lowest BCUT2D eigenvalue weighted by molar-refractivity contribution is -0.135. The maximum atomic E-state index is 13.1. The van der Waals surface area contributed by atoms with Gasteiger partial charge in [-0.25, -0.2) is 4.98 Å². The van der Waals surface area contributed by atoms with Crippen LogP contribution < -0.4 is 10.3 Å². The quantitative estimate of drug-likeness (QED) is 0.388. The van der Waals surface area contributed by atoms with Crippen LogP contribution in [0.15, 0.2) is 47.3 Å². The molecule has 1 heterocycles. The summed E-state index contributed by atoms with van der Waals surface area (Å²) in [4.78, 5) is 32.5. The van der Waals surface area contributed by atoms with Crippen molar-refractivity contribution in [3.63, 3.8) is 0 Å². The molecule has 32 heavy (non-hydrogen) atoms. The molecular weight excluding hydrogens is 449 g/mol. The summed E-state index contributed by atoms with van der Waals surface area (Å²) < 4.78 is 7.18. The van der Waals surface area contributed by atoms with E-state index in [0.717, 1.165) is 19.3 Å². The van der Waals surface area contributed by atoms with Crippen LogP contribution in [-0.2, 0) is 11.8 Å². The van der Waals surface area contributed by atoms with E-state index in [1.807, 2.05) is 6.92 Å². The zero-order chi connectivity index (χ0) is 23.3. The van der Waals surface area contributed by atoms with Crippen LogP contribution in [0.2, 0.25) is 10.0 Å². The molecule has 0 N–H and O–H groups in total. The van der Waals surface area contributed by atoms with E-state index < -0.39 is 6.04 Å². The van der Waals surface area contributed by atoms with Crippen molar-refractivity contribution in [2.45, 2.75) is 39.2 Å². The van der Waals surface area contributed by atoms with Crippen LogP contribution in [0.4, 0.5) is 0 Å². The van der Waals surface area contributed by atoms with Crippen molar-refractivity contribution in [3.05, 3.63) is 68.7 Å². The van der Waals surface area contributed by atoms with E-state index in [-0.39, 0.29) is 18.1 Å². The summed E-state index contributed by atoms with van der Waals surface area (Å²) in [5, 5.41) is 1.59. The number of hydrogen-bond acceptors (Lipinski definition) is 4. The molecule has 1 atom stereocenters. The minimum Gasteiger partial charge on any atom is -0.484 e. The second-order valence-electron chi connectivity index (χ2n) is 7.71. The van der Waals surface area contributed by atoms with E-state index in [0.29, 0.717) is 39.1 Å². The monoisotopic (exact) mass is 475 g/mol. The number of rotatable bonds is 9. The Hall–Kier alpha value is -2.57. The Morgan fingerprint density at radius 1 is 1.12 bits per heavy atom. The third kappa shape index (κ3) is 5.61. The average Bonchev–Trinajstić information content (AvgIpc) is 2.78. The highest BCUT2D eigenvalue weighted by Gasteiger charge is 2.25. The van der Waals surface area contributed by atoms with Gasteiger partial charge in [0.05, 0.1) is 16.9 Å². The van der Waals surface area contributed by atoms with Gasteiger partial charge in [0.15, 0.2) is 6.61 Å². The smallest absolute Gasteiger partial charge is 0.261 e. The standard InChI is InChI=1S/C24H27Cl2N3O3/c1-4-5-6-13-29(22(30)15-32-19-10-7-17(25)8-11-19)16(2)23-27-21-14-18(26)9-12-20(21)24(31)28(23)3/h7-12,14,16H,4-6,13,15H2,1-3H3. The number of halogens is 2. The van der Waals surface area contributed by atoms with Gasteiger partial charge in [0.25, 0.3) is 11.5 Å². The Bertz CT molecular complexity index is 1150. The van der Waals surface area contributed by atoms with Crippen LogP contribution in [0.3, 0.4) is 0 Å². The number of carbonyl (C=O) groups is 1. The third-order valence-electron chi connectivity index (χ3n) is 5.41. The molecule has 8 heteroatoms. The SMILES string of the molecule is CCCCCN(C(=O)COc1ccc(Cl)cc1)C(C)c1nc2cc(Cl)ccc2c(=O)n1C. The van der Waals surface area contributed by atoms with Gasteiger partial charge in [-0.2, -0.15) is 0 Å². The lowest BCUT2D eigenvalue weighted by atomic mass is 10.1. The molecule has 0 saturated carbocycles. The Morgan fingerprint density at radius 3 is 2.50 bits per heavy atom. The largest absolute Gasteiger partial charge is 0.484 e. The van der Waals surface area contributed by atoms with Crippen LogP contribution >= 0.6 is 23.2 Å². The predicted octanol–water partition coefficient (Wildman–Crippen LogP) is 5.40. The lowest BCUT2D eigenvalue weighted by Gasteiger charge is -2.30. The molecule has 0 aliphatic rings. The number of benzene rings is 2. The zero-order valence-electron chi connectivity index (χ0n) is 18.5. The molecule has 3 aromatic rings. The second kappa shape index (κ2) is 10.8. The first-order chi connectivity index (χ1) is 15.3. The fraction of sp³-hybridized carbons (Fsp3) is 0.375. The third-order valence-corrected chi connectivity index (χ3v) is 5.90. The first-order valence-electron chi connectivity index (χ1n) is 10.7. The summed E-state index contributed by atoms with van der Waals surface area (Å²) in [7, 11) is 1.67. The molecule has 170 valence electrons. The van der Waals surface area contributed by atoms with Crippen LogP contribution in [0, 0.1) is 0 Å². The molecule has 0 spiro atoms. The molecule has 6 nitrogen and oxygen atoms in total. The maximum Gasteiger partial charge on any atom is 0.261 e. The number of nitrogens with zero attached hydrogens (tertiary/aromatic N) is 3. The number of unbranched alkanes of at least 4 members (excludes halogenated alkanes) is 2. The van der Waals surface area contributed by atoms with Crippen molar-refractivity contribution < 1.29 is 9.53 Å². The van der Waals surface area contributed by atoms with E-state index in [9.17, 15) is 9.59 Å². The molecule has 0 fully saturated rings. The summed E-state index contributed by atoms with van der Waals surface area (Å²) in [5.74, 6) is 0.889. The van der Waals surface area contributed by atoms with Gasteiger partial charge in [-0.3, -0.25) is 14.2 Å². The molecular formula is C24H27Cl2N3O3. The van der Waals surface area contributed by atoms with Crippen molar-refractivity contribution in [1.82, 2.24) is 14.5 Å². The van der Waals surface area contributed by atoms with Crippen molar-refractivity contribution >= 4 is 40.0 Å². The fourth-order valence-electron chi connectivity index (χ4n) is 3.60. The summed E-state index contributed by atoms with van der Waals surface area (Å²) in [5.41, 5.74) is 0.340. The lowest BCUT2D eigenvalue weighted by Crippen LogP contribution is -2.40. The molecule has 0 aliphatic heterocycles. The minimum atomic E-state index is -0.422. The van der Waals surface area contributed by atoms with Gasteiger partial charge in [0.1, 0.15) is 11.6 Å². The number of hydrogen-bond donors (Lipinski definition) is 0. The van der Waals surface area contributed by atoms with E-state index in [4.69, 9.17) is 27.9 Å². The molecule has 0 saturated heterocycles. The summed E-state index contributed by atoms with van der Waals surface area (Å²) in [6.07, 6.45) is 2.87. The Balaban J connectivity index is 1.88. The minimum absolute atomic E-state index is 0.120. The Labute approximate surface area is 197 Å². The highest BCUT2D eigenvalue weighted by atomic mass is 35.5. The van der Waals surface area contributed by atoms with Gasteiger partial charge >= 0.3 is 0 Å². The predicted molar refractivity (Wildman–Crippen MR) is 129 cm³/mol. The average molecular weight is 476 g/mol. The van der Waals surface area contributed by atoms with Gasteiger partial charge in [-0.1, -0.05) is 43.0 Å². The van der Waals surface area contributed by atoms with Gasteiger partial charge < -0.3 is 9.64 Å². The van der Waals surface area contributed by atoms with Crippen LogP contribution in [0.5, 0.6) is 5.75 Å². The van der Waals surface area contributed by atoms with Gasteiger partial charge in [0, 0.05) is 23.6 Å². The molecule has 2 aromatic carbocycles. The van der Waals surface area contributed by atoms with Gasteiger partial charge in [-0.05, 0) is 55.8 Å². The van der Waals surface area contributed by atoms with Gasteiger partial charge in [0.2, 0.25) is 0 Å². The van der Waals surface area contributed by atoms with Crippen molar-refractivity contribution in [2.75, 3.05) is 13.2 Å². The highest BCUT2D eigenvalue weighted by molar-refractivity contribution is 6.31. The van der Waals surface area contributed by atoms with E-state index in [2.05, 4.69) is 11.9 Å². The molecule has 0 radical (unpaired) electrons. The summed E-state index contributed by atoms with van der Waals surface area (Å²) in [6.45, 7) is 4.41. The molecule has 1 aromatic heterocycles. The first-order valence-corrected chi connectivity index (χ1v) is 11.4. The molecule has 3 rings (SSSR count). The number of carbonyl (C=O) groups excluding carboxylic acids is 1. The topological polar surface area (TPSA) is 64.4 Å². The van der Waals surface area contributed by atoms with Crippen molar-refractivity contribution in [1.29, 1.82) is 0 Å². The van der Waals surface area contributed by atoms with E-state index >= 15 is 0 Å². The number of ether oxygens (including phenoxy) is 1. The number of amides is 1. The highest BCUT2D eigenvalue weighted by Crippen LogP contribution is 2.23. The van der Waals surface area contributed by atoms with Gasteiger partial charge in [-0.15, -0.1) is 0 Å². The Morgan fingerprint density at radius 2 is 1.81 bits per heavy atom. The number of aromatic nitrogens is 2. The van der Waals surface area contributed by atoms with Crippen LogP contribution in [0.25, 0.3) is 10.9 Å². The second-order valence-corrected chi connectivity index (χ2v) is 8.58. The van der Waals surface area contributed by atoms with Crippen LogP contribution in [0.1, 0.15) is 45.0 Å². The molecule has 0 aliphatic carbocycles. The van der Waals surface area contributed by atoms with Crippen molar-refractivity contribution in [2.24, 2.45) is 7.05 Å². The maximum absolute atomic E-state index is 13.1. The number of fused-ring (bicyclic) bond motifs is 1. The fourth-order valence-corrected chi connectivity index (χ4v) is 3.89. The molecule has 1 amide bonds. The molecule has 0 bridgehead atoms. The van der Waals surface area contributed by atoms with E-state index in [1.165, 1.54) is 4.57 Å². The van der Waals surface area contributed by atoms with Crippen molar-refractivity contribution in [3.8, 4) is 5.75 Å².